The Labute approximate surface area is 135 Å². The van der Waals surface area contributed by atoms with Crippen LogP contribution in [0.3, 0.4) is 0 Å². The number of rotatable bonds is 3. The SMILES string of the molecule is CCc1c(C)nc2ccccc2c1NC1CCc2ncnn2C1. The molecule has 1 N–H and O–H groups in total. The van der Waals surface area contributed by atoms with Crippen molar-refractivity contribution in [3.63, 3.8) is 0 Å². The van der Waals surface area contributed by atoms with Gasteiger partial charge in [-0.25, -0.2) is 9.67 Å². The third kappa shape index (κ3) is 2.46. The summed E-state index contributed by atoms with van der Waals surface area (Å²) in [6.45, 7) is 5.17. The molecule has 5 nitrogen and oxygen atoms in total. The zero-order valence-electron chi connectivity index (χ0n) is 13.6. The first kappa shape index (κ1) is 14.2. The molecule has 0 fully saturated rings. The second-order valence-electron chi connectivity index (χ2n) is 6.16. The third-order valence-corrected chi connectivity index (χ3v) is 4.71. The second-order valence-corrected chi connectivity index (χ2v) is 6.16. The Morgan fingerprint density at radius 2 is 2.17 bits per heavy atom. The maximum atomic E-state index is 4.76. The zero-order chi connectivity index (χ0) is 15.8. The minimum atomic E-state index is 0.375. The number of pyridine rings is 1. The predicted octanol–water partition coefficient (Wildman–Crippen LogP) is 3.12. The molecule has 0 bridgehead atoms. The van der Waals surface area contributed by atoms with E-state index in [0.717, 1.165) is 42.8 Å². The number of aromatic nitrogens is 4. The van der Waals surface area contributed by atoms with Crippen molar-refractivity contribution < 1.29 is 0 Å². The molecule has 1 aliphatic rings. The quantitative estimate of drug-likeness (QED) is 0.808. The molecule has 1 atom stereocenters. The van der Waals surface area contributed by atoms with Gasteiger partial charge in [0, 0.05) is 29.2 Å². The highest BCUT2D eigenvalue weighted by atomic mass is 15.3. The van der Waals surface area contributed by atoms with Crippen molar-refractivity contribution >= 4 is 16.6 Å². The fourth-order valence-corrected chi connectivity index (χ4v) is 3.53. The Morgan fingerprint density at radius 1 is 1.30 bits per heavy atom. The maximum Gasteiger partial charge on any atom is 0.138 e. The normalized spacial score (nSPS) is 17.2. The van der Waals surface area contributed by atoms with Gasteiger partial charge in [-0.15, -0.1) is 0 Å². The van der Waals surface area contributed by atoms with Crippen LogP contribution in [0.4, 0.5) is 5.69 Å². The van der Waals surface area contributed by atoms with Crippen LogP contribution in [0.5, 0.6) is 0 Å². The monoisotopic (exact) mass is 307 g/mol. The van der Waals surface area contributed by atoms with Crippen LogP contribution < -0.4 is 5.32 Å². The van der Waals surface area contributed by atoms with Crippen LogP contribution in [0.1, 0.15) is 30.4 Å². The van der Waals surface area contributed by atoms with Gasteiger partial charge in [-0.1, -0.05) is 25.1 Å². The highest BCUT2D eigenvalue weighted by Crippen LogP contribution is 2.30. The van der Waals surface area contributed by atoms with E-state index in [4.69, 9.17) is 4.98 Å². The highest BCUT2D eigenvalue weighted by Gasteiger charge is 2.21. The van der Waals surface area contributed by atoms with Gasteiger partial charge in [0.05, 0.1) is 12.1 Å². The minimum Gasteiger partial charge on any atom is -0.380 e. The van der Waals surface area contributed by atoms with E-state index in [2.05, 4.69) is 47.4 Å². The average molecular weight is 307 g/mol. The van der Waals surface area contributed by atoms with Crippen molar-refractivity contribution in [1.82, 2.24) is 19.7 Å². The lowest BCUT2D eigenvalue weighted by atomic mass is 10.0. The second kappa shape index (κ2) is 5.65. The molecule has 0 saturated heterocycles. The van der Waals surface area contributed by atoms with E-state index in [0.29, 0.717) is 6.04 Å². The average Bonchev–Trinajstić information content (AvgIpc) is 3.02. The molecule has 0 amide bonds. The van der Waals surface area contributed by atoms with Crippen LogP contribution in [0.2, 0.25) is 0 Å². The lowest BCUT2D eigenvalue weighted by Gasteiger charge is -2.27. The standard InChI is InChI=1S/C18H21N5/c1-3-14-12(2)21-16-7-5-4-6-15(16)18(14)22-13-8-9-17-19-11-20-23(17)10-13/h4-7,11,13H,3,8-10H2,1-2H3,(H,21,22). The Morgan fingerprint density at radius 3 is 3.04 bits per heavy atom. The lowest BCUT2D eigenvalue weighted by Crippen LogP contribution is -2.32. The summed E-state index contributed by atoms with van der Waals surface area (Å²) < 4.78 is 2.02. The number of para-hydroxylation sites is 1. The lowest BCUT2D eigenvalue weighted by molar-refractivity contribution is 0.441. The van der Waals surface area contributed by atoms with Gasteiger partial charge in [0.2, 0.25) is 0 Å². The van der Waals surface area contributed by atoms with Gasteiger partial charge < -0.3 is 5.32 Å². The van der Waals surface area contributed by atoms with Crippen LogP contribution in [-0.2, 0) is 19.4 Å². The van der Waals surface area contributed by atoms with E-state index in [1.165, 1.54) is 16.6 Å². The molecule has 3 heterocycles. The van der Waals surface area contributed by atoms with E-state index in [-0.39, 0.29) is 0 Å². The zero-order valence-corrected chi connectivity index (χ0v) is 13.6. The van der Waals surface area contributed by atoms with Crippen molar-refractivity contribution in [1.29, 1.82) is 0 Å². The van der Waals surface area contributed by atoms with E-state index in [1.54, 1.807) is 6.33 Å². The van der Waals surface area contributed by atoms with E-state index in [9.17, 15) is 0 Å². The van der Waals surface area contributed by atoms with Crippen molar-refractivity contribution in [2.24, 2.45) is 0 Å². The smallest absolute Gasteiger partial charge is 0.138 e. The van der Waals surface area contributed by atoms with Gasteiger partial charge in [0.25, 0.3) is 0 Å². The first-order chi connectivity index (χ1) is 11.3. The molecule has 0 spiro atoms. The topological polar surface area (TPSA) is 55.6 Å². The van der Waals surface area contributed by atoms with Crippen LogP contribution in [0.25, 0.3) is 10.9 Å². The molecule has 0 saturated carbocycles. The number of nitrogens with zero attached hydrogens (tertiary/aromatic N) is 4. The Kier molecular flexibility index (Phi) is 3.48. The highest BCUT2D eigenvalue weighted by molar-refractivity contribution is 5.93. The van der Waals surface area contributed by atoms with Crippen LogP contribution >= 0.6 is 0 Å². The summed E-state index contributed by atoms with van der Waals surface area (Å²) in [4.78, 5) is 9.07. The van der Waals surface area contributed by atoms with Crippen LogP contribution in [-0.4, -0.2) is 25.8 Å². The summed E-state index contributed by atoms with van der Waals surface area (Å²) in [6, 6.07) is 8.75. The molecule has 1 aromatic carbocycles. The first-order valence-electron chi connectivity index (χ1n) is 8.27. The van der Waals surface area contributed by atoms with Crippen molar-refractivity contribution in [3.8, 4) is 0 Å². The summed E-state index contributed by atoms with van der Waals surface area (Å²) in [5, 5.41) is 9.32. The van der Waals surface area contributed by atoms with Gasteiger partial charge in [0.15, 0.2) is 0 Å². The summed E-state index contributed by atoms with van der Waals surface area (Å²) in [5.41, 5.74) is 4.73. The van der Waals surface area contributed by atoms with E-state index < -0.39 is 0 Å². The summed E-state index contributed by atoms with van der Waals surface area (Å²) in [5.74, 6) is 1.09. The summed E-state index contributed by atoms with van der Waals surface area (Å²) >= 11 is 0. The van der Waals surface area contributed by atoms with Gasteiger partial charge in [0.1, 0.15) is 12.2 Å². The predicted molar refractivity (Wildman–Crippen MR) is 91.6 cm³/mol. The molecule has 0 radical (unpaired) electrons. The number of nitrogens with one attached hydrogen (secondary N) is 1. The molecule has 3 aromatic rings. The molecule has 23 heavy (non-hydrogen) atoms. The van der Waals surface area contributed by atoms with Crippen molar-refractivity contribution in [3.05, 3.63) is 47.7 Å². The maximum absolute atomic E-state index is 4.76. The largest absolute Gasteiger partial charge is 0.380 e. The summed E-state index contributed by atoms with van der Waals surface area (Å²) in [7, 11) is 0. The number of benzene rings is 1. The Balaban J connectivity index is 1.73. The third-order valence-electron chi connectivity index (χ3n) is 4.71. The van der Waals surface area contributed by atoms with Gasteiger partial charge in [-0.05, 0) is 31.4 Å². The number of fused-ring (bicyclic) bond motifs is 2. The number of hydrogen-bond acceptors (Lipinski definition) is 4. The number of anilines is 1. The Bertz CT molecular complexity index is 852. The molecular formula is C18H21N5. The van der Waals surface area contributed by atoms with Crippen LogP contribution in [0.15, 0.2) is 30.6 Å². The molecule has 5 heteroatoms. The molecule has 0 aliphatic carbocycles. The van der Waals surface area contributed by atoms with E-state index in [1.807, 2.05) is 10.7 Å². The van der Waals surface area contributed by atoms with Gasteiger partial charge >= 0.3 is 0 Å². The number of aryl methyl sites for hydroxylation is 2. The molecule has 2 aromatic heterocycles. The van der Waals surface area contributed by atoms with Crippen molar-refractivity contribution in [2.75, 3.05) is 5.32 Å². The Hall–Kier alpha value is -2.43. The minimum absolute atomic E-state index is 0.375. The fourth-order valence-electron chi connectivity index (χ4n) is 3.53. The molecule has 1 aliphatic heterocycles. The molecular weight excluding hydrogens is 286 g/mol. The molecule has 118 valence electrons. The summed E-state index contributed by atoms with van der Waals surface area (Å²) in [6.07, 6.45) is 4.69. The molecule has 4 rings (SSSR count). The fraction of sp³-hybridized carbons (Fsp3) is 0.389. The number of hydrogen-bond donors (Lipinski definition) is 1. The van der Waals surface area contributed by atoms with Gasteiger partial charge in [-0.3, -0.25) is 4.98 Å². The van der Waals surface area contributed by atoms with Crippen LogP contribution in [0, 0.1) is 6.92 Å². The molecule has 1 unspecified atom stereocenters. The van der Waals surface area contributed by atoms with E-state index >= 15 is 0 Å². The van der Waals surface area contributed by atoms with Gasteiger partial charge in [-0.2, -0.15) is 5.10 Å². The van der Waals surface area contributed by atoms with Crippen molar-refractivity contribution in [2.45, 2.75) is 45.7 Å². The first-order valence-corrected chi connectivity index (χ1v) is 8.27.